The third-order valence-electron chi connectivity index (χ3n) is 4.64. The molecule has 4 heterocycles. The van der Waals surface area contributed by atoms with Crippen molar-refractivity contribution in [2.45, 2.75) is 31.8 Å². The van der Waals surface area contributed by atoms with Crippen LogP contribution in [0.15, 0.2) is 41.9 Å². The number of aliphatic carboxylic acids is 1. The van der Waals surface area contributed by atoms with Gasteiger partial charge in [0.25, 0.3) is 0 Å². The number of carbonyl (C=O) groups is 1. The maximum atomic E-state index is 11.6. The van der Waals surface area contributed by atoms with Crippen LogP contribution in [0, 0.1) is 0 Å². The molecule has 0 aromatic carbocycles. The van der Waals surface area contributed by atoms with Gasteiger partial charge in [0, 0.05) is 12.7 Å². The molecule has 5 nitrogen and oxygen atoms in total. The van der Waals surface area contributed by atoms with Crippen LogP contribution >= 0.6 is 11.3 Å². The lowest BCUT2D eigenvalue weighted by atomic mass is 10.0. The van der Waals surface area contributed by atoms with Crippen LogP contribution in [0.4, 0.5) is 0 Å². The fourth-order valence-electron chi connectivity index (χ4n) is 3.46. The Morgan fingerprint density at radius 3 is 3.00 bits per heavy atom. The van der Waals surface area contributed by atoms with Crippen molar-refractivity contribution in [1.82, 2.24) is 14.3 Å². The summed E-state index contributed by atoms with van der Waals surface area (Å²) in [6.07, 6.45) is 4.77. The smallest absolute Gasteiger partial charge is 0.320 e. The van der Waals surface area contributed by atoms with Crippen molar-refractivity contribution in [2.75, 3.05) is 6.54 Å². The number of piperidine rings is 1. The zero-order chi connectivity index (χ0) is 16.5. The van der Waals surface area contributed by atoms with E-state index in [1.54, 1.807) is 11.3 Å². The molecule has 124 valence electrons. The minimum absolute atomic E-state index is 0.399. The molecule has 24 heavy (non-hydrogen) atoms. The molecule has 0 radical (unpaired) electrons. The molecule has 0 amide bonds. The molecule has 1 N–H and O–H groups in total. The maximum absolute atomic E-state index is 11.6. The predicted octanol–water partition coefficient (Wildman–Crippen LogP) is 3.50. The summed E-state index contributed by atoms with van der Waals surface area (Å²) in [5.74, 6) is -0.721. The molecule has 0 spiro atoms. The van der Waals surface area contributed by atoms with Crippen molar-refractivity contribution >= 4 is 23.0 Å². The highest BCUT2D eigenvalue weighted by Crippen LogP contribution is 2.30. The Kier molecular flexibility index (Phi) is 4.08. The molecular weight excluding hydrogens is 322 g/mol. The highest BCUT2D eigenvalue weighted by atomic mass is 32.1. The summed E-state index contributed by atoms with van der Waals surface area (Å²) in [6, 6.07) is 9.65. The number of pyridine rings is 1. The largest absolute Gasteiger partial charge is 0.480 e. The first-order valence-corrected chi connectivity index (χ1v) is 9.08. The molecule has 1 fully saturated rings. The van der Waals surface area contributed by atoms with Crippen molar-refractivity contribution < 1.29 is 9.90 Å². The topological polar surface area (TPSA) is 57.8 Å². The molecule has 6 heteroatoms. The van der Waals surface area contributed by atoms with Crippen LogP contribution in [0.5, 0.6) is 0 Å². The summed E-state index contributed by atoms with van der Waals surface area (Å²) in [6.45, 7) is 1.43. The molecule has 1 aliphatic heterocycles. The first-order valence-electron chi connectivity index (χ1n) is 8.21. The number of thiophene rings is 1. The molecule has 3 aromatic rings. The summed E-state index contributed by atoms with van der Waals surface area (Å²) in [4.78, 5) is 19.6. The predicted molar refractivity (Wildman–Crippen MR) is 94.2 cm³/mol. The summed E-state index contributed by atoms with van der Waals surface area (Å²) in [7, 11) is 0. The van der Waals surface area contributed by atoms with E-state index < -0.39 is 12.0 Å². The average Bonchev–Trinajstić information content (AvgIpc) is 3.23. The number of carboxylic acid groups (broad SMARTS) is 1. The molecule has 0 aliphatic carbocycles. The second-order valence-corrected chi connectivity index (χ2v) is 7.08. The summed E-state index contributed by atoms with van der Waals surface area (Å²) >= 11 is 1.66. The van der Waals surface area contributed by atoms with E-state index in [1.807, 2.05) is 35.8 Å². The lowest BCUT2D eigenvalue weighted by molar-refractivity contribution is -0.144. The van der Waals surface area contributed by atoms with Crippen LogP contribution in [-0.2, 0) is 11.3 Å². The lowest BCUT2D eigenvalue weighted by Gasteiger charge is -2.32. The fourth-order valence-corrected chi connectivity index (χ4v) is 4.20. The number of hydrogen-bond acceptors (Lipinski definition) is 4. The minimum Gasteiger partial charge on any atom is -0.480 e. The van der Waals surface area contributed by atoms with Crippen molar-refractivity contribution in [1.29, 1.82) is 0 Å². The van der Waals surface area contributed by atoms with Gasteiger partial charge in [0.05, 0.1) is 10.6 Å². The zero-order valence-electron chi connectivity index (χ0n) is 13.3. The number of fused-ring (bicyclic) bond motifs is 1. The number of imidazole rings is 1. The fraction of sp³-hybridized carbons (Fsp3) is 0.333. The molecular formula is C18H19N3O2S. The Labute approximate surface area is 144 Å². The maximum Gasteiger partial charge on any atom is 0.320 e. The molecule has 0 unspecified atom stereocenters. The van der Waals surface area contributed by atoms with Gasteiger partial charge in [0.1, 0.15) is 17.4 Å². The monoisotopic (exact) mass is 341 g/mol. The number of aromatic nitrogens is 2. The highest BCUT2D eigenvalue weighted by molar-refractivity contribution is 7.13. The van der Waals surface area contributed by atoms with E-state index in [9.17, 15) is 9.90 Å². The number of likely N-dealkylation sites (tertiary alicyclic amines) is 1. The van der Waals surface area contributed by atoms with Gasteiger partial charge in [-0.25, -0.2) is 4.98 Å². The summed E-state index contributed by atoms with van der Waals surface area (Å²) < 4.78 is 2.09. The molecule has 1 saturated heterocycles. The first-order chi connectivity index (χ1) is 11.7. The Bertz CT molecular complexity index is 856. The van der Waals surface area contributed by atoms with Gasteiger partial charge in [0.15, 0.2) is 0 Å². The van der Waals surface area contributed by atoms with Crippen LogP contribution in [0.25, 0.3) is 16.2 Å². The van der Waals surface area contributed by atoms with Crippen LogP contribution in [-0.4, -0.2) is 37.9 Å². The van der Waals surface area contributed by atoms with E-state index >= 15 is 0 Å². The molecule has 4 rings (SSSR count). The van der Waals surface area contributed by atoms with Gasteiger partial charge < -0.3 is 9.51 Å². The molecule has 0 saturated carbocycles. The van der Waals surface area contributed by atoms with E-state index in [0.29, 0.717) is 6.54 Å². The lowest BCUT2D eigenvalue weighted by Crippen LogP contribution is -2.44. The Morgan fingerprint density at radius 2 is 2.21 bits per heavy atom. The second-order valence-electron chi connectivity index (χ2n) is 6.13. The molecule has 1 aliphatic rings. The average molecular weight is 341 g/mol. The van der Waals surface area contributed by atoms with Crippen molar-refractivity contribution in [3.8, 4) is 10.6 Å². The van der Waals surface area contributed by atoms with E-state index in [0.717, 1.165) is 47.7 Å². The second kappa shape index (κ2) is 6.37. The van der Waals surface area contributed by atoms with Gasteiger partial charge in [0.2, 0.25) is 0 Å². The van der Waals surface area contributed by atoms with Crippen LogP contribution in [0.1, 0.15) is 25.0 Å². The van der Waals surface area contributed by atoms with E-state index in [4.69, 9.17) is 4.98 Å². The molecule has 1 atom stereocenters. The van der Waals surface area contributed by atoms with E-state index in [1.165, 1.54) is 0 Å². The van der Waals surface area contributed by atoms with Gasteiger partial charge in [-0.2, -0.15) is 0 Å². The quantitative estimate of drug-likeness (QED) is 0.789. The highest BCUT2D eigenvalue weighted by Gasteiger charge is 2.30. The van der Waals surface area contributed by atoms with Crippen LogP contribution < -0.4 is 0 Å². The van der Waals surface area contributed by atoms with E-state index in [2.05, 4.69) is 15.4 Å². The number of nitrogens with zero attached hydrogens (tertiary/aromatic N) is 3. The molecule has 0 bridgehead atoms. The summed E-state index contributed by atoms with van der Waals surface area (Å²) in [5, 5.41) is 11.6. The minimum atomic E-state index is -0.721. The number of hydrogen-bond donors (Lipinski definition) is 1. The SMILES string of the molecule is O=C(O)[C@@H]1CCCCN1Cc1c(-c2cccs2)nc2ccccn12. The molecule has 3 aromatic heterocycles. The normalized spacial score (nSPS) is 18.9. The number of carboxylic acids is 1. The number of rotatable bonds is 4. The Balaban J connectivity index is 1.77. The van der Waals surface area contributed by atoms with E-state index in [-0.39, 0.29) is 0 Å². The third kappa shape index (κ3) is 2.72. The Hall–Kier alpha value is -2.18. The van der Waals surface area contributed by atoms with Crippen molar-refractivity contribution in [3.63, 3.8) is 0 Å². The van der Waals surface area contributed by atoms with Crippen LogP contribution in [0.2, 0.25) is 0 Å². The third-order valence-corrected chi connectivity index (χ3v) is 5.51. The van der Waals surface area contributed by atoms with Gasteiger partial charge >= 0.3 is 5.97 Å². The first kappa shape index (κ1) is 15.4. The van der Waals surface area contributed by atoms with Gasteiger partial charge in [-0.05, 0) is 43.0 Å². The van der Waals surface area contributed by atoms with Gasteiger partial charge in [-0.3, -0.25) is 9.69 Å². The zero-order valence-corrected chi connectivity index (χ0v) is 14.1. The standard InChI is InChI=1S/C18H19N3O2S/c22-18(23)13-6-1-3-9-20(13)12-14-17(15-7-5-11-24-15)19-16-8-2-4-10-21(14)16/h2,4-5,7-8,10-11,13H,1,3,6,9,12H2,(H,22,23)/t13-/m0/s1. The van der Waals surface area contributed by atoms with Gasteiger partial charge in [-0.1, -0.05) is 18.6 Å². The van der Waals surface area contributed by atoms with Crippen molar-refractivity contribution in [3.05, 3.63) is 47.6 Å². The van der Waals surface area contributed by atoms with Crippen molar-refractivity contribution in [2.24, 2.45) is 0 Å². The van der Waals surface area contributed by atoms with Gasteiger partial charge in [-0.15, -0.1) is 11.3 Å². The Morgan fingerprint density at radius 1 is 1.29 bits per heavy atom. The summed E-state index contributed by atoms with van der Waals surface area (Å²) in [5.41, 5.74) is 2.94. The van der Waals surface area contributed by atoms with Crippen LogP contribution in [0.3, 0.4) is 0 Å².